The van der Waals surface area contributed by atoms with Gasteiger partial charge in [-0.1, -0.05) is 103 Å². The van der Waals surface area contributed by atoms with Crippen LogP contribution >= 0.6 is 0 Å². The Bertz CT molecular complexity index is 1070. The van der Waals surface area contributed by atoms with Gasteiger partial charge in [0, 0.05) is 0 Å². The highest BCUT2D eigenvalue weighted by molar-refractivity contribution is 5.94. The molecule has 0 aliphatic heterocycles. The Balaban J connectivity index is 1.69. The molecule has 0 amide bonds. The van der Waals surface area contributed by atoms with Crippen LogP contribution in [0.5, 0.6) is 0 Å². The largest absolute Gasteiger partial charge is 0.457 e. The summed E-state index contributed by atoms with van der Waals surface area (Å²) in [6.45, 7) is 0.264. The molecule has 2 nitrogen and oxygen atoms in total. The Morgan fingerprint density at radius 3 is 1.86 bits per heavy atom. The average Bonchev–Trinajstić information content (AvgIpc) is 2.79. The average molecular weight is 378 g/mol. The molecule has 29 heavy (non-hydrogen) atoms. The van der Waals surface area contributed by atoms with Gasteiger partial charge in [-0.05, 0) is 40.3 Å². The standard InChI is InChI=1S/C27H22O2/c28-27(29-20-22-13-6-2-7-14-22)25-18-10-17-24(23-15-8-3-9-16-23)26(25)19-21-11-4-1-5-12-21/h1-18H,19-20H2. The van der Waals surface area contributed by atoms with Crippen molar-refractivity contribution in [3.05, 3.63) is 131 Å². The van der Waals surface area contributed by atoms with Crippen LogP contribution in [0.4, 0.5) is 0 Å². The Labute approximate surface area is 171 Å². The van der Waals surface area contributed by atoms with E-state index in [1.807, 2.05) is 78.9 Å². The summed E-state index contributed by atoms with van der Waals surface area (Å²) in [5.74, 6) is -0.294. The van der Waals surface area contributed by atoms with Crippen LogP contribution in [-0.4, -0.2) is 5.97 Å². The van der Waals surface area contributed by atoms with Crippen molar-refractivity contribution in [2.45, 2.75) is 13.0 Å². The molecule has 0 saturated heterocycles. The van der Waals surface area contributed by atoms with Crippen molar-refractivity contribution in [1.82, 2.24) is 0 Å². The third-order valence-corrected chi connectivity index (χ3v) is 4.92. The molecule has 0 aliphatic carbocycles. The fraction of sp³-hybridized carbons (Fsp3) is 0.0741. The first-order valence-corrected chi connectivity index (χ1v) is 9.73. The van der Waals surface area contributed by atoms with Gasteiger partial charge in [-0.3, -0.25) is 0 Å². The van der Waals surface area contributed by atoms with Crippen LogP contribution in [0, 0.1) is 0 Å². The van der Waals surface area contributed by atoms with E-state index in [0.717, 1.165) is 27.8 Å². The fourth-order valence-electron chi connectivity index (χ4n) is 3.46. The van der Waals surface area contributed by atoms with E-state index in [0.29, 0.717) is 12.0 Å². The Morgan fingerprint density at radius 2 is 1.21 bits per heavy atom. The third kappa shape index (κ3) is 4.61. The minimum atomic E-state index is -0.294. The molecule has 2 heteroatoms. The van der Waals surface area contributed by atoms with Gasteiger partial charge in [0.1, 0.15) is 6.61 Å². The lowest BCUT2D eigenvalue weighted by Crippen LogP contribution is -2.10. The van der Waals surface area contributed by atoms with E-state index in [9.17, 15) is 4.79 Å². The fourth-order valence-corrected chi connectivity index (χ4v) is 3.46. The van der Waals surface area contributed by atoms with Crippen LogP contribution in [0.2, 0.25) is 0 Å². The number of hydrogen-bond acceptors (Lipinski definition) is 2. The number of benzene rings is 4. The zero-order valence-corrected chi connectivity index (χ0v) is 16.1. The van der Waals surface area contributed by atoms with Gasteiger partial charge in [-0.15, -0.1) is 0 Å². The first-order valence-electron chi connectivity index (χ1n) is 9.73. The van der Waals surface area contributed by atoms with E-state index in [2.05, 4.69) is 30.3 Å². The molecule has 0 saturated carbocycles. The maximum atomic E-state index is 13.0. The second-order valence-corrected chi connectivity index (χ2v) is 6.92. The maximum Gasteiger partial charge on any atom is 0.338 e. The van der Waals surface area contributed by atoms with Crippen LogP contribution in [0.3, 0.4) is 0 Å². The summed E-state index contributed by atoms with van der Waals surface area (Å²) in [5.41, 5.74) is 5.89. The molecule has 0 radical (unpaired) electrons. The molecule has 4 aromatic carbocycles. The van der Waals surface area contributed by atoms with E-state index >= 15 is 0 Å². The molecule has 0 aromatic heterocycles. The first kappa shape index (κ1) is 18.7. The van der Waals surface area contributed by atoms with Crippen molar-refractivity contribution < 1.29 is 9.53 Å². The van der Waals surface area contributed by atoms with Crippen molar-refractivity contribution in [2.75, 3.05) is 0 Å². The van der Waals surface area contributed by atoms with Crippen LogP contribution in [0.25, 0.3) is 11.1 Å². The van der Waals surface area contributed by atoms with Gasteiger partial charge in [0.05, 0.1) is 5.56 Å². The number of esters is 1. The second kappa shape index (κ2) is 9.03. The molecule has 0 atom stereocenters. The number of carbonyl (C=O) groups is 1. The highest BCUT2D eigenvalue weighted by Gasteiger charge is 2.17. The molecule has 0 spiro atoms. The molecular weight excluding hydrogens is 356 g/mol. The van der Waals surface area contributed by atoms with E-state index in [4.69, 9.17) is 4.74 Å². The van der Waals surface area contributed by atoms with Crippen LogP contribution in [0.15, 0.2) is 109 Å². The number of ether oxygens (including phenoxy) is 1. The zero-order chi connectivity index (χ0) is 19.9. The highest BCUT2D eigenvalue weighted by Crippen LogP contribution is 2.29. The predicted octanol–water partition coefficient (Wildman–Crippen LogP) is 6.30. The van der Waals surface area contributed by atoms with Crippen molar-refractivity contribution in [3.63, 3.8) is 0 Å². The monoisotopic (exact) mass is 378 g/mol. The van der Waals surface area contributed by atoms with E-state index < -0.39 is 0 Å². The van der Waals surface area contributed by atoms with Gasteiger partial charge in [-0.25, -0.2) is 4.79 Å². The summed E-state index contributed by atoms with van der Waals surface area (Å²) in [6, 6.07) is 36.0. The minimum Gasteiger partial charge on any atom is -0.457 e. The molecule has 0 heterocycles. The first-order chi connectivity index (χ1) is 14.3. The van der Waals surface area contributed by atoms with Crippen LogP contribution in [0.1, 0.15) is 27.0 Å². The molecule has 0 aliphatic rings. The minimum absolute atomic E-state index is 0.264. The molecule has 0 bridgehead atoms. The molecule has 142 valence electrons. The lowest BCUT2D eigenvalue weighted by atomic mass is 9.91. The summed E-state index contributed by atoms with van der Waals surface area (Å²) >= 11 is 0. The lowest BCUT2D eigenvalue weighted by molar-refractivity contribution is 0.0471. The van der Waals surface area contributed by atoms with Gasteiger partial charge in [0.2, 0.25) is 0 Å². The van der Waals surface area contributed by atoms with Crippen LogP contribution in [-0.2, 0) is 17.8 Å². The predicted molar refractivity (Wildman–Crippen MR) is 117 cm³/mol. The zero-order valence-electron chi connectivity index (χ0n) is 16.1. The Kier molecular flexibility index (Phi) is 5.82. The summed E-state index contributed by atoms with van der Waals surface area (Å²) in [5, 5.41) is 0. The van der Waals surface area contributed by atoms with Crippen molar-refractivity contribution in [3.8, 4) is 11.1 Å². The summed E-state index contributed by atoms with van der Waals surface area (Å²) in [7, 11) is 0. The molecule has 4 aromatic rings. The summed E-state index contributed by atoms with van der Waals surface area (Å²) in [6.07, 6.45) is 0.668. The van der Waals surface area contributed by atoms with E-state index in [1.54, 1.807) is 0 Å². The smallest absolute Gasteiger partial charge is 0.338 e. The second-order valence-electron chi connectivity index (χ2n) is 6.92. The Hall–Kier alpha value is -3.65. The number of rotatable bonds is 6. The molecule has 4 rings (SSSR count). The topological polar surface area (TPSA) is 26.3 Å². The number of carbonyl (C=O) groups excluding carboxylic acids is 1. The molecule has 0 N–H and O–H groups in total. The quantitative estimate of drug-likeness (QED) is 0.368. The summed E-state index contributed by atoms with van der Waals surface area (Å²) < 4.78 is 5.64. The molecule has 0 fully saturated rings. The SMILES string of the molecule is O=C(OCc1ccccc1)c1cccc(-c2ccccc2)c1Cc1ccccc1. The van der Waals surface area contributed by atoms with Crippen molar-refractivity contribution in [2.24, 2.45) is 0 Å². The van der Waals surface area contributed by atoms with Crippen LogP contribution < -0.4 is 0 Å². The van der Waals surface area contributed by atoms with Gasteiger partial charge >= 0.3 is 5.97 Å². The summed E-state index contributed by atoms with van der Waals surface area (Å²) in [4.78, 5) is 13.0. The van der Waals surface area contributed by atoms with Gasteiger partial charge in [-0.2, -0.15) is 0 Å². The Morgan fingerprint density at radius 1 is 0.621 bits per heavy atom. The van der Waals surface area contributed by atoms with Crippen molar-refractivity contribution in [1.29, 1.82) is 0 Å². The van der Waals surface area contributed by atoms with Gasteiger partial charge in [0.15, 0.2) is 0 Å². The third-order valence-electron chi connectivity index (χ3n) is 4.92. The van der Waals surface area contributed by atoms with E-state index in [-0.39, 0.29) is 12.6 Å². The normalized spacial score (nSPS) is 10.5. The maximum absolute atomic E-state index is 13.0. The van der Waals surface area contributed by atoms with Crippen molar-refractivity contribution >= 4 is 5.97 Å². The van der Waals surface area contributed by atoms with E-state index in [1.165, 1.54) is 0 Å². The number of hydrogen-bond donors (Lipinski definition) is 0. The lowest BCUT2D eigenvalue weighted by Gasteiger charge is -2.15. The van der Waals surface area contributed by atoms with Gasteiger partial charge in [0.25, 0.3) is 0 Å². The van der Waals surface area contributed by atoms with Gasteiger partial charge < -0.3 is 4.74 Å². The molecule has 0 unspecified atom stereocenters. The molecular formula is C27H22O2. The highest BCUT2D eigenvalue weighted by atomic mass is 16.5.